The second kappa shape index (κ2) is 5.97. The van der Waals surface area contributed by atoms with Crippen LogP contribution in [0.3, 0.4) is 0 Å². The summed E-state index contributed by atoms with van der Waals surface area (Å²) in [6.45, 7) is 1.98. The summed E-state index contributed by atoms with van der Waals surface area (Å²) in [7, 11) is 2.11. The van der Waals surface area contributed by atoms with Crippen molar-refractivity contribution < 1.29 is 9.53 Å². The third kappa shape index (κ3) is 3.41. The number of nitrogens with zero attached hydrogens (tertiary/aromatic N) is 1. The summed E-state index contributed by atoms with van der Waals surface area (Å²) < 4.78 is 5.35. The van der Waals surface area contributed by atoms with Gasteiger partial charge in [-0.3, -0.25) is 5.32 Å². The van der Waals surface area contributed by atoms with Crippen molar-refractivity contribution in [2.45, 2.75) is 13.0 Å². The second-order valence-corrected chi connectivity index (χ2v) is 5.30. The Kier molecular flexibility index (Phi) is 3.88. The third-order valence-corrected chi connectivity index (χ3v) is 3.61. The number of fused-ring (bicyclic) bond motifs is 1. The van der Waals surface area contributed by atoms with E-state index in [0.717, 1.165) is 25.2 Å². The first kappa shape index (κ1) is 13.6. The Morgan fingerprint density at radius 1 is 1.14 bits per heavy atom. The van der Waals surface area contributed by atoms with Crippen LogP contribution in [0.4, 0.5) is 10.5 Å². The van der Waals surface area contributed by atoms with Crippen molar-refractivity contribution in [3.63, 3.8) is 0 Å². The number of anilines is 1. The van der Waals surface area contributed by atoms with Gasteiger partial charge in [-0.25, -0.2) is 4.79 Å². The second-order valence-electron chi connectivity index (χ2n) is 5.30. The topological polar surface area (TPSA) is 41.6 Å². The van der Waals surface area contributed by atoms with Gasteiger partial charge in [-0.05, 0) is 48.9 Å². The lowest BCUT2D eigenvalue weighted by Gasteiger charge is -2.25. The number of rotatable bonds is 2. The van der Waals surface area contributed by atoms with E-state index in [4.69, 9.17) is 4.74 Å². The third-order valence-electron chi connectivity index (χ3n) is 3.61. The largest absolute Gasteiger partial charge is 0.417 e. The standard InChI is InChI=1S/C17H18N2O2/c1-19-10-9-13-11-16(8-7-14(13)12-19)21-17(20)18-15-5-3-2-4-6-15/h2-8,11H,9-10,12H2,1H3,(H,18,20). The number of carbonyl (C=O) groups is 1. The Balaban J connectivity index is 1.66. The summed E-state index contributed by atoms with van der Waals surface area (Å²) in [6, 6.07) is 15.1. The van der Waals surface area contributed by atoms with Crippen molar-refractivity contribution >= 4 is 11.8 Å². The molecule has 0 saturated carbocycles. The monoisotopic (exact) mass is 282 g/mol. The van der Waals surface area contributed by atoms with Gasteiger partial charge in [0, 0.05) is 18.8 Å². The van der Waals surface area contributed by atoms with Gasteiger partial charge in [0.05, 0.1) is 0 Å². The van der Waals surface area contributed by atoms with Gasteiger partial charge in [0.25, 0.3) is 0 Å². The minimum Gasteiger partial charge on any atom is -0.410 e. The van der Waals surface area contributed by atoms with Gasteiger partial charge in [-0.1, -0.05) is 24.3 Å². The van der Waals surface area contributed by atoms with E-state index in [0.29, 0.717) is 5.75 Å². The summed E-state index contributed by atoms with van der Waals surface area (Å²) in [4.78, 5) is 14.1. The normalized spacial score (nSPS) is 14.3. The molecule has 4 heteroatoms. The molecule has 108 valence electrons. The van der Waals surface area contributed by atoms with Crippen molar-refractivity contribution in [2.24, 2.45) is 0 Å². The van der Waals surface area contributed by atoms with E-state index in [1.165, 1.54) is 11.1 Å². The number of amides is 1. The van der Waals surface area contributed by atoms with Crippen LogP contribution in [-0.2, 0) is 13.0 Å². The zero-order valence-electron chi connectivity index (χ0n) is 12.0. The highest BCUT2D eigenvalue weighted by Gasteiger charge is 2.14. The molecule has 0 unspecified atom stereocenters. The maximum Gasteiger partial charge on any atom is 0.417 e. The molecule has 0 spiro atoms. The molecule has 1 N–H and O–H groups in total. The van der Waals surface area contributed by atoms with Crippen molar-refractivity contribution in [3.8, 4) is 5.75 Å². The van der Waals surface area contributed by atoms with Crippen molar-refractivity contribution in [3.05, 3.63) is 59.7 Å². The fraction of sp³-hybridized carbons (Fsp3) is 0.235. The van der Waals surface area contributed by atoms with E-state index in [1.807, 2.05) is 48.5 Å². The Morgan fingerprint density at radius 3 is 2.76 bits per heavy atom. The summed E-state index contributed by atoms with van der Waals surface area (Å²) in [5.74, 6) is 0.590. The molecule has 1 aliphatic heterocycles. The number of benzene rings is 2. The van der Waals surface area contributed by atoms with Gasteiger partial charge in [0.15, 0.2) is 0 Å². The molecule has 4 nitrogen and oxygen atoms in total. The highest BCUT2D eigenvalue weighted by atomic mass is 16.6. The van der Waals surface area contributed by atoms with Crippen LogP contribution in [0.2, 0.25) is 0 Å². The Morgan fingerprint density at radius 2 is 1.95 bits per heavy atom. The van der Waals surface area contributed by atoms with Crippen molar-refractivity contribution in [2.75, 3.05) is 18.9 Å². The number of carbonyl (C=O) groups excluding carboxylic acids is 1. The summed E-state index contributed by atoms with van der Waals surface area (Å²) in [5, 5.41) is 2.71. The van der Waals surface area contributed by atoms with E-state index in [2.05, 4.69) is 17.3 Å². The van der Waals surface area contributed by atoms with Gasteiger partial charge in [-0.2, -0.15) is 0 Å². The van der Waals surface area contributed by atoms with Gasteiger partial charge in [-0.15, -0.1) is 0 Å². The van der Waals surface area contributed by atoms with Crippen LogP contribution in [0.25, 0.3) is 0 Å². The molecule has 0 aliphatic carbocycles. The lowest BCUT2D eigenvalue weighted by Crippen LogP contribution is -2.26. The maximum absolute atomic E-state index is 11.9. The molecule has 3 rings (SSSR count). The number of para-hydroxylation sites is 1. The minimum absolute atomic E-state index is 0.464. The number of ether oxygens (including phenoxy) is 1. The Hall–Kier alpha value is -2.33. The highest BCUT2D eigenvalue weighted by molar-refractivity contribution is 5.86. The van der Waals surface area contributed by atoms with Gasteiger partial charge >= 0.3 is 6.09 Å². The van der Waals surface area contributed by atoms with Crippen LogP contribution in [-0.4, -0.2) is 24.6 Å². The van der Waals surface area contributed by atoms with Gasteiger partial charge < -0.3 is 9.64 Å². The van der Waals surface area contributed by atoms with Crippen molar-refractivity contribution in [1.29, 1.82) is 0 Å². The van der Waals surface area contributed by atoms with Gasteiger partial charge in [0.1, 0.15) is 5.75 Å². The Bertz CT molecular complexity index is 640. The zero-order chi connectivity index (χ0) is 14.7. The van der Waals surface area contributed by atoms with E-state index >= 15 is 0 Å². The average Bonchev–Trinajstić information content (AvgIpc) is 2.48. The number of likely N-dealkylation sites (N-methyl/N-ethyl adjacent to an activating group) is 1. The maximum atomic E-state index is 11.9. The van der Waals surface area contributed by atoms with Crippen LogP contribution in [0, 0.1) is 0 Å². The molecule has 0 bridgehead atoms. The first-order chi connectivity index (χ1) is 10.2. The fourth-order valence-corrected chi connectivity index (χ4v) is 2.51. The molecule has 1 amide bonds. The Labute approximate surface area is 124 Å². The lowest BCUT2D eigenvalue weighted by atomic mass is 10.00. The van der Waals surface area contributed by atoms with E-state index < -0.39 is 6.09 Å². The lowest BCUT2D eigenvalue weighted by molar-refractivity contribution is 0.215. The van der Waals surface area contributed by atoms with Crippen LogP contribution >= 0.6 is 0 Å². The molecule has 2 aromatic rings. The predicted octanol–water partition coefficient (Wildman–Crippen LogP) is 3.29. The summed E-state index contributed by atoms with van der Waals surface area (Å²) in [5.41, 5.74) is 3.29. The fourth-order valence-electron chi connectivity index (χ4n) is 2.51. The van der Waals surface area contributed by atoms with Crippen LogP contribution in [0.5, 0.6) is 5.75 Å². The molecule has 1 heterocycles. The smallest absolute Gasteiger partial charge is 0.410 e. The molecule has 1 aliphatic rings. The van der Waals surface area contributed by atoms with Crippen LogP contribution < -0.4 is 10.1 Å². The van der Waals surface area contributed by atoms with E-state index in [-0.39, 0.29) is 0 Å². The quantitative estimate of drug-likeness (QED) is 0.919. The molecule has 2 aromatic carbocycles. The number of nitrogens with one attached hydrogen (secondary N) is 1. The van der Waals surface area contributed by atoms with Crippen LogP contribution in [0.15, 0.2) is 48.5 Å². The molecule has 0 fully saturated rings. The first-order valence-electron chi connectivity index (χ1n) is 7.05. The van der Waals surface area contributed by atoms with Crippen LogP contribution in [0.1, 0.15) is 11.1 Å². The van der Waals surface area contributed by atoms with Crippen molar-refractivity contribution in [1.82, 2.24) is 4.90 Å². The molecular weight excluding hydrogens is 264 g/mol. The van der Waals surface area contributed by atoms with Gasteiger partial charge in [0.2, 0.25) is 0 Å². The molecular formula is C17H18N2O2. The first-order valence-corrected chi connectivity index (χ1v) is 7.05. The SMILES string of the molecule is CN1CCc2cc(OC(=O)Nc3ccccc3)ccc2C1. The summed E-state index contributed by atoms with van der Waals surface area (Å²) >= 11 is 0. The predicted molar refractivity (Wildman–Crippen MR) is 82.6 cm³/mol. The van der Waals surface area contributed by atoms with E-state index in [9.17, 15) is 4.79 Å². The molecule has 21 heavy (non-hydrogen) atoms. The van der Waals surface area contributed by atoms with E-state index in [1.54, 1.807) is 0 Å². The molecule has 0 aromatic heterocycles. The molecule has 0 radical (unpaired) electrons. The highest BCUT2D eigenvalue weighted by Crippen LogP contribution is 2.23. The number of hydrogen-bond donors (Lipinski definition) is 1. The molecule has 0 saturated heterocycles. The average molecular weight is 282 g/mol. The minimum atomic E-state index is -0.464. The molecule has 0 atom stereocenters. The number of hydrogen-bond acceptors (Lipinski definition) is 3. The summed E-state index contributed by atoms with van der Waals surface area (Å²) in [6.07, 6.45) is 0.526. The zero-order valence-corrected chi connectivity index (χ0v) is 12.0.